The largest absolute Gasteiger partial charge is 0.358 e. The van der Waals surface area contributed by atoms with E-state index in [0.717, 1.165) is 18.7 Å². The van der Waals surface area contributed by atoms with Gasteiger partial charge in [-0.15, -0.1) is 0 Å². The van der Waals surface area contributed by atoms with Crippen LogP contribution in [0.3, 0.4) is 0 Å². The van der Waals surface area contributed by atoms with Crippen LogP contribution in [0.2, 0.25) is 0 Å². The van der Waals surface area contributed by atoms with E-state index in [0.29, 0.717) is 0 Å². The summed E-state index contributed by atoms with van der Waals surface area (Å²) in [5.41, 5.74) is 10.9. The van der Waals surface area contributed by atoms with Gasteiger partial charge in [-0.05, 0) is 49.1 Å². The molecule has 3 nitrogen and oxygen atoms in total. The van der Waals surface area contributed by atoms with Gasteiger partial charge in [0.15, 0.2) is 0 Å². The van der Waals surface area contributed by atoms with E-state index >= 15 is 0 Å². The summed E-state index contributed by atoms with van der Waals surface area (Å²) in [7, 11) is 0. The Morgan fingerprint density at radius 3 is 2.30 bits per heavy atom. The van der Waals surface area contributed by atoms with Crippen molar-refractivity contribution in [3.63, 3.8) is 0 Å². The molecule has 0 saturated heterocycles. The zero-order valence-corrected chi connectivity index (χ0v) is 12.2. The van der Waals surface area contributed by atoms with Crippen molar-refractivity contribution >= 4 is 5.69 Å². The van der Waals surface area contributed by atoms with Gasteiger partial charge in [-0.3, -0.25) is 11.1 Å². The van der Waals surface area contributed by atoms with Gasteiger partial charge in [-0.25, -0.2) is 0 Å². The maximum Gasteiger partial charge on any atom is 0.129 e. The number of hydrogen-bond acceptors (Lipinski definition) is 3. The van der Waals surface area contributed by atoms with E-state index < -0.39 is 0 Å². The fraction of sp³-hybridized carbons (Fsp3) is 0.294. The van der Waals surface area contributed by atoms with Crippen LogP contribution in [0, 0.1) is 13.8 Å². The van der Waals surface area contributed by atoms with Gasteiger partial charge in [0.25, 0.3) is 0 Å². The molecule has 4 N–H and O–H groups in total. The summed E-state index contributed by atoms with van der Waals surface area (Å²) in [4.78, 5) is 0. The average Bonchev–Trinajstić information content (AvgIpc) is 2.38. The highest BCUT2D eigenvalue weighted by atomic mass is 15.2. The summed E-state index contributed by atoms with van der Waals surface area (Å²) in [5.74, 6) is 0. The predicted octanol–water partition coefficient (Wildman–Crippen LogP) is 2.79. The van der Waals surface area contributed by atoms with Crippen LogP contribution >= 0.6 is 0 Å². The second-order valence-corrected chi connectivity index (χ2v) is 5.19. The second-order valence-electron chi connectivity index (χ2n) is 5.19. The predicted molar refractivity (Wildman–Crippen MR) is 85.7 cm³/mol. The minimum absolute atomic E-state index is 0.236. The molecular weight excluding hydrogens is 246 g/mol. The summed E-state index contributed by atoms with van der Waals surface area (Å²) in [6.07, 6.45) is 0.739. The number of rotatable bonds is 6. The summed E-state index contributed by atoms with van der Waals surface area (Å²) < 4.78 is 0. The van der Waals surface area contributed by atoms with Crippen LogP contribution in [0.25, 0.3) is 0 Å². The number of benzene rings is 2. The van der Waals surface area contributed by atoms with Gasteiger partial charge in [-0.2, -0.15) is 0 Å². The number of aryl methyl sites for hydroxylation is 2. The molecule has 0 aromatic heterocycles. The van der Waals surface area contributed by atoms with Gasteiger partial charge in [0.05, 0.1) is 0 Å². The van der Waals surface area contributed by atoms with Gasteiger partial charge >= 0.3 is 0 Å². The van der Waals surface area contributed by atoms with Crippen molar-refractivity contribution < 1.29 is 0 Å². The third kappa shape index (κ3) is 4.68. The highest BCUT2D eigenvalue weighted by Crippen LogP contribution is 2.13. The fourth-order valence-corrected chi connectivity index (χ4v) is 2.31. The quantitative estimate of drug-likeness (QED) is 0.707. The monoisotopic (exact) mass is 269 g/mol. The van der Waals surface area contributed by atoms with E-state index in [2.05, 4.69) is 66.9 Å². The summed E-state index contributed by atoms with van der Waals surface area (Å²) >= 11 is 0. The Balaban J connectivity index is 1.79. The highest BCUT2D eigenvalue weighted by Gasteiger charge is 2.02. The van der Waals surface area contributed by atoms with Crippen LogP contribution in [0.4, 0.5) is 5.69 Å². The molecular formula is C17H23N3. The van der Waals surface area contributed by atoms with Crippen molar-refractivity contribution in [3.8, 4) is 0 Å². The van der Waals surface area contributed by atoms with E-state index in [9.17, 15) is 0 Å². The molecule has 106 valence electrons. The summed E-state index contributed by atoms with van der Waals surface area (Å²) in [6.45, 7) is 5.03. The Morgan fingerprint density at radius 1 is 1.00 bits per heavy atom. The maximum absolute atomic E-state index is 6.05. The van der Waals surface area contributed by atoms with Crippen molar-refractivity contribution in [2.45, 2.75) is 26.6 Å². The molecule has 0 amide bonds. The van der Waals surface area contributed by atoms with E-state index in [4.69, 9.17) is 5.73 Å². The van der Waals surface area contributed by atoms with Crippen LogP contribution in [0.5, 0.6) is 0 Å². The summed E-state index contributed by atoms with van der Waals surface area (Å²) in [6, 6.07) is 16.8. The van der Waals surface area contributed by atoms with E-state index in [1.165, 1.54) is 16.7 Å². The SMILES string of the molecule is Cc1cc(C)cc(NC(N)NCCc2ccccc2)c1. The molecule has 1 atom stereocenters. The maximum atomic E-state index is 6.05. The lowest BCUT2D eigenvalue weighted by Gasteiger charge is -2.17. The van der Waals surface area contributed by atoms with E-state index in [1.54, 1.807) is 0 Å². The Morgan fingerprint density at radius 2 is 1.65 bits per heavy atom. The number of nitrogens with one attached hydrogen (secondary N) is 2. The Hall–Kier alpha value is -1.84. The minimum atomic E-state index is -0.236. The third-order valence-corrected chi connectivity index (χ3v) is 3.16. The lowest BCUT2D eigenvalue weighted by Crippen LogP contribution is -2.44. The molecule has 0 spiro atoms. The van der Waals surface area contributed by atoms with E-state index in [-0.39, 0.29) is 6.29 Å². The van der Waals surface area contributed by atoms with Gasteiger partial charge < -0.3 is 5.32 Å². The Kier molecular flexibility index (Phi) is 5.16. The topological polar surface area (TPSA) is 50.1 Å². The molecule has 0 radical (unpaired) electrons. The molecule has 0 aliphatic heterocycles. The average molecular weight is 269 g/mol. The first-order valence-electron chi connectivity index (χ1n) is 7.01. The standard InChI is InChI=1S/C17H23N3/c1-13-10-14(2)12-16(11-13)20-17(18)19-9-8-15-6-4-3-5-7-15/h3-7,10-12,17,19-20H,8-9,18H2,1-2H3. The van der Waals surface area contributed by atoms with Crippen molar-refractivity contribution in [2.24, 2.45) is 5.73 Å². The Labute approximate surface area is 121 Å². The van der Waals surface area contributed by atoms with Crippen molar-refractivity contribution in [1.29, 1.82) is 0 Å². The van der Waals surface area contributed by atoms with Crippen molar-refractivity contribution in [1.82, 2.24) is 5.32 Å². The van der Waals surface area contributed by atoms with Crippen LogP contribution in [-0.2, 0) is 6.42 Å². The first kappa shape index (κ1) is 14.6. The Bertz CT molecular complexity index is 517. The van der Waals surface area contributed by atoms with Gasteiger partial charge in [0.1, 0.15) is 6.29 Å². The minimum Gasteiger partial charge on any atom is -0.358 e. The highest BCUT2D eigenvalue weighted by molar-refractivity contribution is 5.48. The van der Waals surface area contributed by atoms with Crippen molar-refractivity contribution in [2.75, 3.05) is 11.9 Å². The first-order chi connectivity index (χ1) is 9.63. The molecule has 2 rings (SSSR count). The molecule has 0 bridgehead atoms. The third-order valence-electron chi connectivity index (χ3n) is 3.16. The second kappa shape index (κ2) is 7.08. The number of hydrogen-bond donors (Lipinski definition) is 3. The zero-order valence-electron chi connectivity index (χ0n) is 12.2. The molecule has 2 aromatic rings. The lowest BCUT2D eigenvalue weighted by molar-refractivity contribution is 0.580. The summed E-state index contributed by atoms with van der Waals surface area (Å²) in [5, 5.41) is 6.56. The number of anilines is 1. The van der Waals surface area contributed by atoms with Crippen LogP contribution in [0.1, 0.15) is 16.7 Å². The van der Waals surface area contributed by atoms with Crippen molar-refractivity contribution in [3.05, 3.63) is 65.2 Å². The molecule has 0 heterocycles. The van der Waals surface area contributed by atoms with Crippen LogP contribution in [0.15, 0.2) is 48.5 Å². The zero-order chi connectivity index (χ0) is 14.4. The number of nitrogens with two attached hydrogens (primary N) is 1. The molecule has 3 heteroatoms. The van der Waals surface area contributed by atoms with Crippen LogP contribution in [-0.4, -0.2) is 12.8 Å². The fourth-order valence-electron chi connectivity index (χ4n) is 2.31. The smallest absolute Gasteiger partial charge is 0.129 e. The molecule has 0 aliphatic carbocycles. The molecule has 0 fully saturated rings. The molecule has 0 aliphatic rings. The normalized spacial score (nSPS) is 12.2. The van der Waals surface area contributed by atoms with Gasteiger partial charge in [0.2, 0.25) is 0 Å². The van der Waals surface area contributed by atoms with Gasteiger partial charge in [0, 0.05) is 12.2 Å². The molecule has 2 aromatic carbocycles. The molecule has 1 unspecified atom stereocenters. The molecule has 0 saturated carbocycles. The first-order valence-corrected chi connectivity index (χ1v) is 7.01. The lowest BCUT2D eigenvalue weighted by atomic mass is 10.1. The van der Waals surface area contributed by atoms with E-state index in [1.807, 2.05) is 6.07 Å². The van der Waals surface area contributed by atoms with Gasteiger partial charge in [-0.1, -0.05) is 36.4 Å². The molecule has 20 heavy (non-hydrogen) atoms. The van der Waals surface area contributed by atoms with Crippen LogP contribution < -0.4 is 16.4 Å².